The van der Waals surface area contributed by atoms with Gasteiger partial charge < -0.3 is 10.5 Å². The molecule has 1 rings (SSSR count). The summed E-state index contributed by atoms with van der Waals surface area (Å²) in [6, 6.07) is 4.21. The Bertz CT molecular complexity index is 368. The first-order chi connectivity index (χ1) is 7.65. The van der Waals surface area contributed by atoms with Gasteiger partial charge in [0.15, 0.2) is 0 Å². The average molecular weight is 241 g/mol. The zero-order valence-electron chi connectivity index (χ0n) is 9.33. The Morgan fingerprint density at radius 2 is 2.19 bits per heavy atom. The highest BCUT2D eigenvalue weighted by molar-refractivity contribution is 7.80. The van der Waals surface area contributed by atoms with E-state index in [1.807, 2.05) is 0 Å². The van der Waals surface area contributed by atoms with E-state index in [0.29, 0.717) is 17.9 Å². The summed E-state index contributed by atoms with van der Waals surface area (Å²) >= 11 is 4.84. The first-order valence-corrected chi connectivity index (χ1v) is 5.78. The molecule has 0 amide bonds. The van der Waals surface area contributed by atoms with Gasteiger partial charge in [-0.2, -0.15) is 0 Å². The van der Waals surface area contributed by atoms with Gasteiger partial charge in [0.2, 0.25) is 0 Å². The SMILES string of the molecule is CCCCCOc1ccc(F)cc1C(N)=S. The quantitative estimate of drug-likeness (QED) is 0.614. The Balaban J connectivity index is 2.67. The van der Waals surface area contributed by atoms with Crippen molar-refractivity contribution in [2.24, 2.45) is 5.73 Å². The van der Waals surface area contributed by atoms with E-state index in [0.717, 1.165) is 19.3 Å². The predicted molar refractivity (Wildman–Crippen MR) is 67.3 cm³/mol. The molecule has 16 heavy (non-hydrogen) atoms. The van der Waals surface area contributed by atoms with E-state index < -0.39 is 0 Å². The molecule has 0 aliphatic carbocycles. The minimum Gasteiger partial charge on any atom is -0.493 e. The molecule has 0 saturated carbocycles. The van der Waals surface area contributed by atoms with Crippen LogP contribution >= 0.6 is 12.2 Å². The highest BCUT2D eigenvalue weighted by Crippen LogP contribution is 2.20. The summed E-state index contributed by atoms with van der Waals surface area (Å²) in [7, 11) is 0. The number of hydrogen-bond donors (Lipinski definition) is 1. The third kappa shape index (κ3) is 3.77. The zero-order valence-corrected chi connectivity index (χ0v) is 10.1. The Morgan fingerprint density at radius 1 is 1.44 bits per heavy atom. The van der Waals surface area contributed by atoms with Gasteiger partial charge in [0.1, 0.15) is 16.6 Å². The number of rotatable bonds is 6. The van der Waals surface area contributed by atoms with Crippen molar-refractivity contribution >= 4 is 17.2 Å². The minimum atomic E-state index is -0.358. The molecule has 1 aromatic rings. The van der Waals surface area contributed by atoms with Crippen molar-refractivity contribution < 1.29 is 9.13 Å². The summed E-state index contributed by atoms with van der Waals surface area (Å²) in [4.78, 5) is 0.157. The van der Waals surface area contributed by atoms with Gasteiger partial charge in [0.05, 0.1) is 12.2 Å². The molecule has 0 spiro atoms. The van der Waals surface area contributed by atoms with Crippen LogP contribution in [0.25, 0.3) is 0 Å². The van der Waals surface area contributed by atoms with Gasteiger partial charge in [-0.05, 0) is 24.6 Å². The molecule has 88 valence electrons. The monoisotopic (exact) mass is 241 g/mol. The predicted octanol–water partition coefficient (Wildman–Crippen LogP) is 3.03. The van der Waals surface area contributed by atoms with Crippen molar-refractivity contribution in [1.82, 2.24) is 0 Å². The van der Waals surface area contributed by atoms with Crippen LogP contribution < -0.4 is 10.5 Å². The van der Waals surface area contributed by atoms with E-state index in [1.165, 1.54) is 12.1 Å². The van der Waals surface area contributed by atoms with Crippen LogP contribution in [0.3, 0.4) is 0 Å². The lowest BCUT2D eigenvalue weighted by Gasteiger charge is -2.10. The molecule has 0 fully saturated rings. The van der Waals surface area contributed by atoms with Gasteiger partial charge in [0.25, 0.3) is 0 Å². The van der Waals surface area contributed by atoms with Gasteiger partial charge in [-0.25, -0.2) is 4.39 Å². The van der Waals surface area contributed by atoms with Crippen molar-refractivity contribution in [1.29, 1.82) is 0 Å². The number of halogens is 1. The summed E-state index contributed by atoms with van der Waals surface area (Å²) in [6.07, 6.45) is 3.23. The van der Waals surface area contributed by atoms with E-state index in [1.54, 1.807) is 6.07 Å². The molecule has 0 aromatic heterocycles. The number of unbranched alkanes of at least 4 members (excludes halogenated alkanes) is 2. The lowest BCUT2D eigenvalue weighted by Crippen LogP contribution is -2.12. The molecule has 2 nitrogen and oxygen atoms in total. The summed E-state index contributed by atoms with van der Waals surface area (Å²) < 4.78 is 18.5. The Hall–Kier alpha value is -1.16. The fraction of sp³-hybridized carbons (Fsp3) is 0.417. The Morgan fingerprint density at radius 3 is 2.81 bits per heavy atom. The Kier molecular flexibility index (Phi) is 5.19. The van der Waals surface area contributed by atoms with Gasteiger partial charge in [-0.15, -0.1) is 0 Å². The molecule has 0 radical (unpaired) electrons. The normalized spacial score (nSPS) is 10.1. The molecule has 0 aliphatic heterocycles. The molecule has 4 heteroatoms. The van der Waals surface area contributed by atoms with Crippen molar-refractivity contribution in [3.8, 4) is 5.75 Å². The first kappa shape index (κ1) is 12.9. The van der Waals surface area contributed by atoms with Crippen LogP contribution in [0.4, 0.5) is 4.39 Å². The number of ether oxygens (including phenoxy) is 1. The third-order valence-corrected chi connectivity index (χ3v) is 2.43. The number of nitrogens with two attached hydrogens (primary N) is 1. The maximum absolute atomic E-state index is 13.0. The van der Waals surface area contributed by atoms with Gasteiger partial charge in [0, 0.05) is 0 Å². The van der Waals surface area contributed by atoms with Crippen molar-refractivity contribution in [2.75, 3.05) is 6.61 Å². The molecule has 0 atom stereocenters. The van der Waals surface area contributed by atoms with E-state index in [9.17, 15) is 4.39 Å². The first-order valence-electron chi connectivity index (χ1n) is 5.37. The maximum atomic E-state index is 13.0. The highest BCUT2D eigenvalue weighted by atomic mass is 32.1. The second-order valence-electron chi connectivity index (χ2n) is 3.56. The lowest BCUT2D eigenvalue weighted by molar-refractivity contribution is 0.305. The van der Waals surface area contributed by atoms with E-state index >= 15 is 0 Å². The summed E-state index contributed by atoms with van der Waals surface area (Å²) in [5.74, 6) is 0.203. The van der Waals surface area contributed by atoms with Gasteiger partial charge >= 0.3 is 0 Å². The molecule has 0 heterocycles. The summed E-state index contributed by atoms with van der Waals surface area (Å²) in [5.41, 5.74) is 5.96. The van der Waals surface area contributed by atoms with Gasteiger partial charge in [-0.1, -0.05) is 32.0 Å². The van der Waals surface area contributed by atoms with Crippen molar-refractivity contribution in [3.05, 3.63) is 29.6 Å². The largest absolute Gasteiger partial charge is 0.493 e. The molecule has 2 N–H and O–H groups in total. The average Bonchev–Trinajstić information content (AvgIpc) is 2.26. The van der Waals surface area contributed by atoms with E-state index in [4.69, 9.17) is 22.7 Å². The van der Waals surface area contributed by atoms with Crippen molar-refractivity contribution in [2.45, 2.75) is 26.2 Å². The third-order valence-electron chi connectivity index (χ3n) is 2.21. The highest BCUT2D eigenvalue weighted by Gasteiger charge is 2.07. The number of benzene rings is 1. The smallest absolute Gasteiger partial charge is 0.129 e. The Labute approximate surface area is 101 Å². The second-order valence-corrected chi connectivity index (χ2v) is 4.00. The van der Waals surface area contributed by atoms with Crippen LogP contribution in [0.5, 0.6) is 5.75 Å². The fourth-order valence-electron chi connectivity index (χ4n) is 1.35. The zero-order chi connectivity index (χ0) is 12.0. The van der Waals surface area contributed by atoms with Crippen LogP contribution in [0.2, 0.25) is 0 Å². The van der Waals surface area contributed by atoms with Crippen LogP contribution in [0, 0.1) is 5.82 Å². The minimum absolute atomic E-state index is 0.157. The fourth-order valence-corrected chi connectivity index (χ4v) is 1.51. The van der Waals surface area contributed by atoms with Gasteiger partial charge in [-0.3, -0.25) is 0 Å². The van der Waals surface area contributed by atoms with Crippen LogP contribution in [0.15, 0.2) is 18.2 Å². The molecule has 0 aliphatic rings. The van der Waals surface area contributed by atoms with Crippen LogP contribution in [-0.4, -0.2) is 11.6 Å². The maximum Gasteiger partial charge on any atom is 0.129 e. The van der Waals surface area contributed by atoms with Crippen LogP contribution in [0.1, 0.15) is 31.7 Å². The number of hydrogen-bond acceptors (Lipinski definition) is 2. The van der Waals surface area contributed by atoms with Crippen molar-refractivity contribution in [3.63, 3.8) is 0 Å². The standard InChI is InChI=1S/C12H16FNOS/c1-2-3-4-7-15-11-6-5-9(13)8-10(11)12(14)16/h5-6,8H,2-4,7H2,1H3,(H2,14,16). The molecule has 0 bridgehead atoms. The molecule has 0 unspecified atom stereocenters. The molecular weight excluding hydrogens is 225 g/mol. The summed E-state index contributed by atoms with van der Waals surface area (Å²) in [6.45, 7) is 2.73. The molecule has 1 aromatic carbocycles. The summed E-state index contributed by atoms with van der Waals surface area (Å²) in [5, 5.41) is 0. The second kappa shape index (κ2) is 6.43. The van der Waals surface area contributed by atoms with E-state index in [2.05, 4.69) is 6.92 Å². The number of thiocarbonyl (C=S) groups is 1. The van der Waals surface area contributed by atoms with E-state index in [-0.39, 0.29) is 10.8 Å². The molecular formula is C12H16FNOS. The topological polar surface area (TPSA) is 35.2 Å². The van der Waals surface area contributed by atoms with Crippen LogP contribution in [-0.2, 0) is 0 Å². The lowest BCUT2D eigenvalue weighted by atomic mass is 10.2. The molecule has 0 saturated heterocycles.